The average Bonchev–Trinajstić information content (AvgIpc) is 2.82. The van der Waals surface area contributed by atoms with Crippen molar-refractivity contribution in [2.24, 2.45) is 16.8 Å². The Hall–Kier alpha value is -2.12. The van der Waals surface area contributed by atoms with Crippen LogP contribution in [0, 0.1) is 5.92 Å². The van der Waals surface area contributed by atoms with Gasteiger partial charge in [-0.05, 0) is 6.42 Å². The van der Waals surface area contributed by atoms with E-state index in [4.69, 9.17) is 10.9 Å². The molecule has 0 fully saturated rings. The quantitative estimate of drug-likeness (QED) is 0.259. The van der Waals surface area contributed by atoms with Crippen LogP contribution in [0.1, 0.15) is 13.3 Å². The third kappa shape index (κ3) is 3.74. The molecule has 0 aliphatic carbocycles. The maximum Gasteiger partial charge on any atom is 0.230 e. The fourth-order valence-corrected chi connectivity index (χ4v) is 1.37. The van der Waals surface area contributed by atoms with Gasteiger partial charge in [0.15, 0.2) is 5.84 Å². The lowest BCUT2D eigenvalue weighted by molar-refractivity contribution is -0.123. The first-order valence-corrected chi connectivity index (χ1v) is 5.28. The van der Waals surface area contributed by atoms with Crippen LogP contribution in [-0.2, 0) is 11.3 Å². The predicted molar refractivity (Wildman–Crippen MR) is 60.2 cm³/mol. The van der Waals surface area contributed by atoms with Gasteiger partial charge in [0.1, 0.15) is 0 Å². The molecule has 0 aliphatic heterocycles. The summed E-state index contributed by atoms with van der Waals surface area (Å²) < 4.78 is 1.60. The van der Waals surface area contributed by atoms with Crippen LogP contribution in [0.25, 0.3) is 0 Å². The molecule has 0 radical (unpaired) electrons. The monoisotopic (exact) mass is 240 g/mol. The molecule has 0 spiro atoms. The maximum absolute atomic E-state index is 11.7. The van der Waals surface area contributed by atoms with Crippen molar-refractivity contribution in [3.05, 3.63) is 12.4 Å². The molecule has 94 valence electrons. The summed E-state index contributed by atoms with van der Waals surface area (Å²) in [5, 5.41) is 21.5. The van der Waals surface area contributed by atoms with Crippen LogP contribution in [0.2, 0.25) is 0 Å². The molecule has 1 aromatic rings. The Labute approximate surface area is 98.5 Å². The molecule has 1 aromatic heterocycles. The van der Waals surface area contributed by atoms with Crippen LogP contribution in [-0.4, -0.2) is 38.5 Å². The van der Waals surface area contributed by atoms with Gasteiger partial charge >= 0.3 is 0 Å². The molecule has 8 heteroatoms. The lowest BCUT2D eigenvalue weighted by atomic mass is 10.1. The highest BCUT2D eigenvalue weighted by molar-refractivity contribution is 6.01. The number of nitrogens with one attached hydrogen (secondary N) is 1. The van der Waals surface area contributed by atoms with Crippen molar-refractivity contribution < 1.29 is 10.0 Å². The summed E-state index contributed by atoms with van der Waals surface area (Å²) in [6.45, 7) is 2.73. The maximum atomic E-state index is 11.7. The fourth-order valence-electron chi connectivity index (χ4n) is 1.37. The lowest BCUT2D eigenvalue weighted by Gasteiger charge is -2.13. The molecule has 1 amide bonds. The molecule has 17 heavy (non-hydrogen) atoms. The standard InChI is InChI=1S/C9H16N6O2/c1-2-7(8(10)13-17)9(16)11-3-5-15-6-4-12-14-15/h4,6-7,17H,2-3,5H2,1H3,(H2,10,13)(H,11,16). The molecule has 4 N–H and O–H groups in total. The molecule has 0 saturated heterocycles. The van der Waals surface area contributed by atoms with Crippen LogP contribution < -0.4 is 11.1 Å². The van der Waals surface area contributed by atoms with E-state index in [1.54, 1.807) is 24.0 Å². The van der Waals surface area contributed by atoms with E-state index < -0.39 is 5.92 Å². The molecule has 0 aliphatic rings. The van der Waals surface area contributed by atoms with E-state index in [1.165, 1.54) is 0 Å². The normalized spacial score (nSPS) is 13.4. The topological polar surface area (TPSA) is 118 Å². The van der Waals surface area contributed by atoms with E-state index in [0.29, 0.717) is 19.5 Å². The Morgan fingerprint density at radius 2 is 2.47 bits per heavy atom. The smallest absolute Gasteiger partial charge is 0.230 e. The van der Waals surface area contributed by atoms with Gasteiger partial charge in [-0.25, -0.2) is 0 Å². The van der Waals surface area contributed by atoms with Crippen LogP contribution in [0.15, 0.2) is 17.5 Å². The van der Waals surface area contributed by atoms with Crippen LogP contribution in [0.3, 0.4) is 0 Å². The Kier molecular flexibility index (Phi) is 4.92. The number of amides is 1. The Bertz CT molecular complexity index is 375. The molecule has 1 atom stereocenters. The summed E-state index contributed by atoms with van der Waals surface area (Å²) >= 11 is 0. The van der Waals surface area contributed by atoms with Gasteiger partial charge in [0.2, 0.25) is 5.91 Å². The number of carbonyl (C=O) groups excluding carboxylic acids is 1. The van der Waals surface area contributed by atoms with Gasteiger partial charge in [0.25, 0.3) is 0 Å². The summed E-state index contributed by atoms with van der Waals surface area (Å²) in [7, 11) is 0. The Morgan fingerprint density at radius 3 is 3.00 bits per heavy atom. The SMILES string of the molecule is CCC(C(=O)NCCn1ccnn1)/C(N)=N/O. The fraction of sp³-hybridized carbons (Fsp3) is 0.556. The van der Waals surface area contributed by atoms with Gasteiger partial charge in [-0.2, -0.15) is 0 Å². The van der Waals surface area contributed by atoms with E-state index in [2.05, 4.69) is 20.8 Å². The molecule has 1 rings (SSSR count). The summed E-state index contributed by atoms with van der Waals surface area (Å²) in [5.41, 5.74) is 5.41. The number of hydrogen-bond donors (Lipinski definition) is 3. The number of aromatic nitrogens is 3. The number of nitrogens with zero attached hydrogens (tertiary/aromatic N) is 4. The van der Waals surface area contributed by atoms with E-state index in [1.807, 2.05) is 0 Å². The van der Waals surface area contributed by atoms with E-state index >= 15 is 0 Å². The first kappa shape index (κ1) is 12.9. The first-order chi connectivity index (χ1) is 8.19. The van der Waals surface area contributed by atoms with Crippen molar-refractivity contribution in [2.45, 2.75) is 19.9 Å². The van der Waals surface area contributed by atoms with Gasteiger partial charge in [-0.15, -0.1) is 5.10 Å². The highest BCUT2D eigenvalue weighted by Gasteiger charge is 2.20. The van der Waals surface area contributed by atoms with Gasteiger partial charge in [-0.3, -0.25) is 9.48 Å². The van der Waals surface area contributed by atoms with Gasteiger partial charge in [0.05, 0.1) is 18.7 Å². The summed E-state index contributed by atoms with van der Waals surface area (Å²) in [6, 6.07) is 0. The minimum absolute atomic E-state index is 0.0780. The van der Waals surface area contributed by atoms with E-state index in [0.717, 1.165) is 0 Å². The minimum Gasteiger partial charge on any atom is -0.409 e. The zero-order valence-electron chi connectivity index (χ0n) is 9.58. The predicted octanol–water partition coefficient (Wildman–Crippen LogP) is -0.833. The number of oxime groups is 1. The van der Waals surface area contributed by atoms with Gasteiger partial charge < -0.3 is 16.3 Å². The summed E-state index contributed by atoms with van der Waals surface area (Å²) in [5.74, 6) is -0.940. The molecule has 0 aromatic carbocycles. The van der Waals surface area contributed by atoms with Gasteiger partial charge in [-0.1, -0.05) is 17.3 Å². The van der Waals surface area contributed by atoms with Gasteiger partial charge in [0, 0.05) is 12.7 Å². The van der Waals surface area contributed by atoms with Crippen LogP contribution >= 0.6 is 0 Å². The number of rotatable bonds is 6. The number of carbonyl (C=O) groups is 1. The molecule has 8 nitrogen and oxygen atoms in total. The Balaban J connectivity index is 2.38. The van der Waals surface area contributed by atoms with E-state index in [-0.39, 0.29) is 11.7 Å². The second kappa shape index (κ2) is 6.46. The third-order valence-electron chi connectivity index (χ3n) is 2.31. The van der Waals surface area contributed by atoms with Crippen LogP contribution in [0.4, 0.5) is 0 Å². The average molecular weight is 240 g/mol. The molecule has 0 saturated carbocycles. The van der Waals surface area contributed by atoms with Crippen molar-refractivity contribution >= 4 is 11.7 Å². The summed E-state index contributed by atoms with van der Waals surface area (Å²) in [6.07, 6.45) is 3.74. The molecule has 0 bridgehead atoms. The van der Waals surface area contributed by atoms with E-state index in [9.17, 15) is 4.79 Å². The van der Waals surface area contributed by atoms with Crippen molar-refractivity contribution in [3.63, 3.8) is 0 Å². The first-order valence-electron chi connectivity index (χ1n) is 5.28. The summed E-state index contributed by atoms with van der Waals surface area (Å²) in [4.78, 5) is 11.7. The molecular weight excluding hydrogens is 224 g/mol. The molecular formula is C9H16N6O2. The molecule has 1 unspecified atom stereocenters. The second-order valence-corrected chi connectivity index (χ2v) is 3.44. The van der Waals surface area contributed by atoms with Crippen LogP contribution in [0.5, 0.6) is 0 Å². The van der Waals surface area contributed by atoms with Crippen molar-refractivity contribution in [1.29, 1.82) is 0 Å². The zero-order valence-corrected chi connectivity index (χ0v) is 9.58. The zero-order chi connectivity index (χ0) is 12.7. The van der Waals surface area contributed by atoms with Crippen molar-refractivity contribution in [1.82, 2.24) is 20.3 Å². The highest BCUT2D eigenvalue weighted by atomic mass is 16.4. The third-order valence-corrected chi connectivity index (χ3v) is 2.31. The highest BCUT2D eigenvalue weighted by Crippen LogP contribution is 2.02. The second-order valence-electron chi connectivity index (χ2n) is 3.44. The minimum atomic E-state index is -0.601. The lowest BCUT2D eigenvalue weighted by Crippen LogP contribution is -2.39. The molecule has 1 heterocycles. The number of nitrogens with two attached hydrogens (primary N) is 1. The van der Waals surface area contributed by atoms with Crippen molar-refractivity contribution in [2.75, 3.05) is 6.54 Å². The number of amidine groups is 1. The van der Waals surface area contributed by atoms with Crippen molar-refractivity contribution in [3.8, 4) is 0 Å². The largest absolute Gasteiger partial charge is 0.409 e. The Morgan fingerprint density at radius 1 is 1.71 bits per heavy atom. The number of hydrogen-bond acceptors (Lipinski definition) is 5.